The molecule has 3 aromatic rings. The number of carbonyl (C=O) groups is 2. The normalized spacial score (nSPS) is 10.4. The van der Waals surface area contributed by atoms with Gasteiger partial charge in [0.2, 0.25) is 17.7 Å². The number of hydrogen-bond donors (Lipinski definition) is 2. The number of carbonyl (C=O) groups excluding carboxylic acids is 2. The smallest absolute Gasteiger partial charge is 0.277 e. The van der Waals surface area contributed by atoms with Gasteiger partial charge in [0.25, 0.3) is 5.22 Å². The van der Waals surface area contributed by atoms with E-state index in [4.69, 9.17) is 14.9 Å². The third kappa shape index (κ3) is 4.85. The van der Waals surface area contributed by atoms with E-state index < -0.39 is 5.91 Å². The molecule has 0 bridgehead atoms. The van der Waals surface area contributed by atoms with Crippen molar-refractivity contribution in [2.45, 2.75) is 5.22 Å². The summed E-state index contributed by atoms with van der Waals surface area (Å²) in [4.78, 5) is 23.2. The van der Waals surface area contributed by atoms with Crippen molar-refractivity contribution in [1.29, 1.82) is 0 Å². The highest BCUT2D eigenvalue weighted by Gasteiger charge is 2.12. The Bertz CT molecular complexity index is 956. The highest BCUT2D eigenvalue weighted by Crippen LogP contribution is 2.25. The van der Waals surface area contributed by atoms with Gasteiger partial charge in [0.1, 0.15) is 5.75 Å². The maximum absolute atomic E-state index is 12.1. The summed E-state index contributed by atoms with van der Waals surface area (Å²) in [5.41, 5.74) is 6.79. The minimum absolute atomic E-state index is 0.0744. The number of nitrogens with one attached hydrogen (secondary N) is 1. The number of anilines is 1. The minimum atomic E-state index is -0.558. The number of nitrogens with zero attached hydrogens (tertiary/aromatic N) is 2. The van der Waals surface area contributed by atoms with E-state index in [0.717, 1.165) is 23.1 Å². The number of nitrogens with two attached hydrogens (primary N) is 1. The molecule has 1 heterocycles. The molecule has 3 N–H and O–H groups in total. The predicted molar refractivity (Wildman–Crippen MR) is 101 cm³/mol. The fraction of sp³-hybridized carbons (Fsp3) is 0.111. The van der Waals surface area contributed by atoms with Gasteiger partial charge in [-0.2, -0.15) is 0 Å². The van der Waals surface area contributed by atoms with Crippen LogP contribution in [0, 0.1) is 0 Å². The molecule has 2 aromatic carbocycles. The Morgan fingerprint density at radius 1 is 1.19 bits per heavy atom. The van der Waals surface area contributed by atoms with Gasteiger partial charge < -0.3 is 20.2 Å². The van der Waals surface area contributed by atoms with Gasteiger partial charge in [-0.05, 0) is 42.5 Å². The molecule has 27 heavy (non-hydrogen) atoms. The van der Waals surface area contributed by atoms with Crippen LogP contribution in [0.5, 0.6) is 5.75 Å². The van der Waals surface area contributed by atoms with Crippen molar-refractivity contribution in [3.05, 3.63) is 54.1 Å². The van der Waals surface area contributed by atoms with Gasteiger partial charge in [-0.1, -0.05) is 17.8 Å². The van der Waals surface area contributed by atoms with Gasteiger partial charge >= 0.3 is 0 Å². The number of benzene rings is 2. The van der Waals surface area contributed by atoms with Crippen LogP contribution in [0.2, 0.25) is 0 Å². The third-order valence-corrected chi connectivity index (χ3v) is 4.32. The van der Waals surface area contributed by atoms with Gasteiger partial charge in [0.05, 0.1) is 12.9 Å². The van der Waals surface area contributed by atoms with Crippen LogP contribution in [-0.2, 0) is 4.79 Å². The molecule has 0 aliphatic heterocycles. The van der Waals surface area contributed by atoms with E-state index in [1.54, 1.807) is 49.6 Å². The lowest BCUT2D eigenvalue weighted by molar-refractivity contribution is -0.113. The van der Waals surface area contributed by atoms with Gasteiger partial charge in [-0.15, -0.1) is 10.2 Å². The van der Waals surface area contributed by atoms with Crippen molar-refractivity contribution in [3.8, 4) is 17.2 Å². The Balaban J connectivity index is 1.57. The average Bonchev–Trinajstić information content (AvgIpc) is 3.16. The standard InChI is InChI=1S/C18H16N4O4S/c1-25-14-7-5-11(6-8-14)17-21-22-18(26-17)27-10-15(23)20-13-4-2-3-12(9-13)16(19)24/h2-9H,10H2,1H3,(H2,19,24)(H,20,23). The highest BCUT2D eigenvalue weighted by molar-refractivity contribution is 7.99. The topological polar surface area (TPSA) is 120 Å². The molecule has 0 aliphatic rings. The van der Waals surface area contributed by atoms with Crippen molar-refractivity contribution in [2.75, 3.05) is 18.2 Å². The minimum Gasteiger partial charge on any atom is -0.497 e. The van der Waals surface area contributed by atoms with Crippen LogP contribution >= 0.6 is 11.8 Å². The summed E-state index contributed by atoms with van der Waals surface area (Å²) in [7, 11) is 1.59. The van der Waals surface area contributed by atoms with E-state index in [1.165, 1.54) is 6.07 Å². The lowest BCUT2D eigenvalue weighted by atomic mass is 10.2. The highest BCUT2D eigenvalue weighted by atomic mass is 32.2. The summed E-state index contributed by atoms with van der Waals surface area (Å²) in [6.07, 6.45) is 0. The zero-order chi connectivity index (χ0) is 19.2. The van der Waals surface area contributed by atoms with E-state index in [1.807, 2.05) is 0 Å². The molecule has 0 saturated carbocycles. The molecule has 138 valence electrons. The maximum atomic E-state index is 12.1. The third-order valence-electron chi connectivity index (χ3n) is 3.50. The number of thioether (sulfide) groups is 1. The second-order valence-electron chi connectivity index (χ2n) is 5.38. The van der Waals surface area contributed by atoms with Crippen LogP contribution in [0.4, 0.5) is 5.69 Å². The molecule has 0 atom stereocenters. The first-order chi connectivity index (χ1) is 13.0. The monoisotopic (exact) mass is 384 g/mol. The molecule has 1 aromatic heterocycles. The van der Waals surface area contributed by atoms with Crippen LogP contribution in [0.15, 0.2) is 58.2 Å². The Kier molecular flexibility index (Phi) is 5.72. The number of methoxy groups -OCH3 is 1. The summed E-state index contributed by atoms with van der Waals surface area (Å²) in [6, 6.07) is 13.6. The summed E-state index contributed by atoms with van der Waals surface area (Å²) < 4.78 is 10.7. The Labute approximate surface area is 159 Å². The zero-order valence-corrected chi connectivity index (χ0v) is 15.2. The van der Waals surface area contributed by atoms with Gasteiger partial charge in [0, 0.05) is 16.8 Å². The molecule has 9 heteroatoms. The summed E-state index contributed by atoms with van der Waals surface area (Å²) in [6.45, 7) is 0. The number of ether oxygens (including phenoxy) is 1. The predicted octanol–water partition coefficient (Wildman–Crippen LogP) is 2.57. The van der Waals surface area contributed by atoms with E-state index >= 15 is 0 Å². The number of hydrogen-bond acceptors (Lipinski definition) is 7. The second-order valence-corrected chi connectivity index (χ2v) is 6.31. The molecule has 0 unspecified atom stereocenters. The van der Waals surface area contributed by atoms with E-state index in [-0.39, 0.29) is 16.9 Å². The quantitative estimate of drug-likeness (QED) is 0.601. The van der Waals surface area contributed by atoms with Crippen LogP contribution < -0.4 is 15.8 Å². The van der Waals surface area contributed by atoms with Gasteiger partial charge in [-0.25, -0.2) is 0 Å². The molecule has 3 rings (SSSR count). The van der Waals surface area contributed by atoms with Crippen molar-refractivity contribution >= 4 is 29.3 Å². The molecule has 8 nitrogen and oxygen atoms in total. The lowest BCUT2D eigenvalue weighted by Gasteiger charge is -2.05. The van der Waals surface area contributed by atoms with Crippen LogP contribution in [0.1, 0.15) is 10.4 Å². The first-order valence-electron chi connectivity index (χ1n) is 7.85. The van der Waals surface area contributed by atoms with Crippen molar-refractivity contribution in [1.82, 2.24) is 10.2 Å². The summed E-state index contributed by atoms with van der Waals surface area (Å²) in [5, 5.41) is 10.9. The molecule has 0 fully saturated rings. The van der Waals surface area contributed by atoms with Crippen LogP contribution in [-0.4, -0.2) is 34.9 Å². The van der Waals surface area contributed by atoms with Crippen molar-refractivity contribution < 1.29 is 18.7 Å². The fourth-order valence-electron chi connectivity index (χ4n) is 2.19. The van der Waals surface area contributed by atoms with Crippen LogP contribution in [0.25, 0.3) is 11.5 Å². The first kappa shape index (κ1) is 18.5. The molecule has 0 radical (unpaired) electrons. The number of aromatic nitrogens is 2. The Morgan fingerprint density at radius 3 is 2.67 bits per heavy atom. The van der Waals surface area contributed by atoms with Gasteiger partial charge in [-0.3, -0.25) is 9.59 Å². The van der Waals surface area contributed by atoms with E-state index in [9.17, 15) is 9.59 Å². The fourth-order valence-corrected chi connectivity index (χ4v) is 2.76. The molecule has 0 aliphatic carbocycles. The molecule has 0 spiro atoms. The Hall–Kier alpha value is -3.33. The average molecular weight is 384 g/mol. The summed E-state index contributed by atoms with van der Waals surface area (Å²) >= 11 is 1.11. The first-order valence-corrected chi connectivity index (χ1v) is 8.84. The molecular weight excluding hydrogens is 368 g/mol. The maximum Gasteiger partial charge on any atom is 0.277 e. The lowest BCUT2D eigenvalue weighted by Crippen LogP contribution is -2.15. The molecule has 2 amide bonds. The summed E-state index contributed by atoms with van der Waals surface area (Å²) in [5.74, 6) is 0.327. The van der Waals surface area contributed by atoms with Crippen molar-refractivity contribution in [2.24, 2.45) is 5.73 Å². The van der Waals surface area contributed by atoms with Gasteiger partial charge in [0.15, 0.2) is 0 Å². The molecular formula is C18H16N4O4S. The Morgan fingerprint density at radius 2 is 1.96 bits per heavy atom. The number of primary amides is 1. The zero-order valence-electron chi connectivity index (χ0n) is 14.3. The van der Waals surface area contributed by atoms with Crippen molar-refractivity contribution in [3.63, 3.8) is 0 Å². The second kappa shape index (κ2) is 8.37. The largest absolute Gasteiger partial charge is 0.497 e. The SMILES string of the molecule is COc1ccc(-c2nnc(SCC(=O)Nc3cccc(C(N)=O)c3)o2)cc1. The van der Waals surface area contributed by atoms with Crippen LogP contribution in [0.3, 0.4) is 0 Å². The number of amides is 2. The van der Waals surface area contributed by atoms with E-state index in [0.29, 0.717) is 17.1 Å². The molecule has 0 saturated heterocycles. The van der Waals surface area contributed by atoms with E-state index in [2.05, 4.69) is 15.5 Å². The number of rotatable bonds is 7.